The average molecular weight is 344 g/mol. The van der Waals surface area contributed by atoms with Crippen LogP contribution in [0.1, 0.15) is 20.9 Å². The lowest BCUT2D eigenvalue weighted by molar-refractivity contribution is 0.0701. The van der Waals surface area contributed by atoms with E-state index in [1.54, 1.807) is 6.92 Å². The summed E-state index contributed by atoms with van der Waals surface area (Å²) in [4.78, 5) is 15.5. The smallest absolute Gasteiger partial charge is 0.347 e. The van der Waals surface area contributed by atoms with Crippen LogP contribution in [-0.4, -0.2) is 22.9 Å². The zero-order valence-electron chi connectivity index (χ0n) is 10.9. The molecule has 110 valence electrons. The molecule has 1 N–H and O–H groups in total. The van der Waals surface area contributed by atoms with E-state index in [1.165, 1.54) is 23.1 Å². The molecule has 1 aromatic heterocycles. The predicted molar refractivity (Wildman–Crippen MR) is 80.9 cm³/mol. The second-order valence-corrected chi connectivity index (χ2v) is 6.93. The SMILES string of the molecule is Cc1nc(SCc2cc(Cl)c3c(c2)OCO3)sc1C(=O)O. The third kappa shape index (κ3) is 2.95. The van der Waals surface area contributed by atoms with Crippen molar-refractivity contribution in [2.75, 3.05) is 6.79 Å². The van der Waals surface area contributed by atoms with Crippen LogP contribution >= 0.6 is 34.7 Å². The Balaban J connectivity index is 1.75. The number of hydrogen-bond acceptors (Lipinski definition) is 6. The zero-order valence-corrected chi connectivity index (χ0v) is 13.3. The Morgan fingerprint density at radius 3 is 3.05 bits per heavy atom. The maximum atomic E-state index is 11.0. The lowest BCUT2D eigenvalue weighted by Crippen LogP contribution is -1.94. The fourth-order valence-corrected chi connectivity index (χ4v) is 4.13. The van der Waals surface area contributed by atoms with E-state index in [4.69, 9.17) is 26.2 Å². The number of benzene rings is 1. The summed E-state index contributed by atoms with van der Waals surface area (Å²) >= 11 is 8.77. The third-order valence-corrected chi connectivity index (χ3v) is 5.46. The van der Waals surface area contributed by atoms with Gasteiger partial charge in [-0.2, -0.15) is 0 Å². The number of rotatable bonds is 4. The fraction of sp³-hybridized carbons (Fsp3) is 0.231. The van der Waals surface area contributed by atoms with E-state index in [1.807, 2.05) is 12.1 Å². The summed E-state index contributed by atoms with van der Waals surface area (Å²) < 4.78 is 11.3. The van der Waals surface area contributed by atoms with Crippen LogP contribution in [0.5, 0.6) is 11.5 Å². The van der Waals surface area contributed by atoms with Crippen molar-refractivity contribution >= 4 is 40.7 Å². The van der Waals surface area contributed by atoms with Crippen molar-refractivity contribution in [3.8, 4) is 11.5 Å². The maximum Gasteiger partial charge on any atom is 0.347 e. The van der Waals surface area contributed by atoms with Gasteiger partial charge in [0.1, 0.15) is 4.88 Å². The van der Waals surface area contributed by atoms with E-state index >= 15 is 0 Å². The van der Waals surface area contributed by atoms with Crippen LogP contribution in [-0.2, 0) is 5.75 Å². The third-order valence-electron chi connectivity index (χ3n) is 2.82. The Bertz CT molecular complexity index is 716. The molecule has 8 heteroatoms. The van der Waals surface area contributed by atoms with Crippen molar-refractivity contribution in [2.45, 2.75) is 17.0 Å². The maximum absolute atomic E-state index is 11.0. The monoisotopic (exact) mass is 343 g/mol. The number of thioether (sulfide) groups is 1. The molecule has 0 aliphatic carbocycles. The van der Waals surface area contributed by atoms with E-state index in [0.29, 0.717) is 28.0 Å². The first-order valence-electron chi connectivity index (χ1n) is 5.96. The molecule has 21 heavy (non-hydrogen) atoms. The number of carboxylic acid groups (broad SMARTS) is 1. The normalized spacial score (nSPS) is 12.7. The number of aryl methyl sites for hydroxylation is 1. The van der Waals surface area contributed by atoms with Crippen LogP contribution in [0.15, 0.2) is 16.5 Å². The first-order chi connectivity index (χ1) is 10.0. The highest BCUT2D eigenvalue weighted by Crippen LogP contribution is 2.41. The predicted octanol–water partition coefficient (Wildman–Crippen LogP) is 3.82. The topological polar surface area (TPSA) is 68.7 Å². The number of carboxylic acids is 1. The lowest BCUT2D eigenvalue weighted by Gasteiger charge is -2.03. The molecular formula is C13H10ClNO4S2. The number of thiazole rings is 1. The number of carbonyl (C=O) groups is 1. The molecule has 0 atom stereocenters. The van der Waals surface area contributed by atoms with Crippen molar-refractivity contribution in [3.05, 3.63) is 33.3 Å². The molecule has 0 unspecified atom stereocenters. The highest BCUT2D eigenvalue weighted by atomic mass is 35.5. The molecule has 1 aliphatic heterocycles. The molecule has 2 heterocycles. The second-order valence-electron chi connectivity index (χ2n) is 4.30. The molecular weight excluding hydrogens is 334 g/mol. The van der Waals surface area contributed by atoms with E-state index in [-0.39, 0.29) is 11.7 Å². The van der Waals surface area contributed by atoms with Crippen molar-refractivity contribution in [1.82, 2.24) is 4.98 Å². The molecule has 2 aromatic rings. The highest BCUT2D eigenvalue weighted by molar-refractivity contribution is 8.00. The van der Waals surface area contributed by atoms with E-state index in [0.717, 1.165) is 9.90 Å². The second kappa shape index (κ2) is 5.75. The molecule has 0 fully saturated rings. The quantitative estimate of drug-likeness (QED) is 0.851. The minimum Gasteiger partial charge on any atom is -0.477 e. The molecule has 0 radical (unpaired) electrons. The van der Waals surface area contributed by atoms with Crippen molar-refractivity contribution in [3.63, 3.8) is 0 Å². The molecule has 0 amide bonds. The summed E-state index contributed by atoms with van der Waals surface area (Å²) in [5.74, 6) is 0.897. The highest BCUT2D eigenvalue weighted by Gasteiger charge is 2.19. The van der Waals surface area contributed by atoms with Crippen LogP contribution in [0.3, 0.4) is 0 Å². The number of hydrogen-bond donors (Lipinski definition) is 1. The van der Waals surface area contributed by atoms with Gasteiger partial charge in [0.15, 0.2) is 15.8 Å². The van der Waals surface area contributed by atoms with Gasteiger partial charge in [-0.1, -0.05) is 23.4 Å². The molecule has 0 spiro atoms. The summed E-state index contributed by atoms with van der Waals surface area (Å²) in [5.41, 5.74) is 1.51. The van der Waals surface area contributed by atoms with Gasteiger partial charge in [-0.25, -0.2) is 9.78 Å². The Morgan fingerprint density at radius 2 is 2.33 bits per heavy atom. The van der Waals surface area contributed by atoms with Gasteiger partial charge in [0.2, 0.25) is 6.79 Å². The summed E-state index contributed by atoms with van der Waals surface area (Å²) in [7, 11) is 0. The van der Waals surface area contributed by atoms with E-state index in [9.17, 15) is 4.79 Å². The number of halogens is 1. The summed E-state index contributed by atoms with van der Waals surface area (Å²) in [6.07, 6.45) is 0. The number of nitrogens with zero attached hydrogens (tertiary/aromatic N) is 1. The van der Waals surface area contributed by atoms with Crippen molar-refractivity contribution in [1.29, 1.82) is 0 Å². The van der Waals surface area contributed by atoms with Gasteiger partial charge in [0.25, 0.3) is 0 Å². The minimum atomic E-state index is -0.942. The van der Waals surface area contributed by atoms with Crippen molar-refractivity contribution < 1.29 is 19.4 Å². The molecule has 0 bridgehead atoms. The van der Waals surface area contributed by atoms with Gasteiger partial charge in [0.05, 0.1) is 10.7 Å². The van der Waals surface area contributed by atoms with Crippen LogP contribution in [0, 0.1) is 6.92 Å². The molecule has 0 saturated carbocycles. The number of aromatic carboxylic acids is 1. The van der Waals surface area contributed by atoms with Crippen LogP contribution in [0.2, 0.25) is 5.02 Å². The van der Waals surface area contributed by atoms with Crippen LogP contribution < -0.4 is 9.47 Å². The average Bonchev–Trinajstić information content (AvgIpc) is 3.03. The molecule has 0 saturated heterocycles. The minimum absolute atomic E-state index is 0.180. The zero-order chi connectivity index (χ0) is 15.0. The number of fused-ring (bicyclic) bond motifs is 1. The number of ether oxygens (including phenoxy) is 2. The fourth-order valence-electron chi connectivity index (χ4n) is 1.88. The molecule has 1 aromatic carbocycles. The van der Waals surface area contributed by atoms with Gasteiger partial charge in [-0.05, 0) is 24.6 Å². The van der Waals surface area contributed by atoms with Gasteiger partial charge in [-0.3, -0.25) is 0 Å². The van der Waals surface area contributed by atoms with Gasteiger partial charge < -0.3 is 14.6 Å². The lowest BCUT2D eigenvalue weighted by atomic mass is 10.2. The Kier molecular flexibility index (Phi) is 3.97. The van der Waals surface area contributed by atoms with Crippen LogP contribution in [0.4, 0.5) is 0 Å². The van der Waals surface area contributed by atoms with Crippen LogP contribution in [0.25, 0.3) is 0 Å². The molecule has 1 aliphatic rings. The first-order valence-corrected chi connectivity index (χ1v) is 8.14. The molecule has 5 nitrogen and oxygen atoms in total. The van der Waals surface area contributed by atoms with E-state index < -0.39 is 5.97 Å². The number of aromatic nitrogens is 1. The Morgan fingerprint density at radius 1 is 1.52 bits per heavy atom. The van der Waals surface area contributed by atoms with Gasteiger partial charge in [-0.15, -0.1) is 11.3 Å². The summed E-state index contributed by atoms with van der Waals surface area (Å²) in [6, 6.07) is 3.69. The Labute approximate surface area is 133 Å². The first kappa shape index (κ1) is 14.5. The van der Waals surface area contributed by atoms with Gasteiger partial charge in [0, 0.05) is 5.75 Å². The molecule has 3 rings (SSSR count). The summed E-state index contributed by atoms with van der Waals surface area (Å²) in [5, 5.41) is 9.54. The summed E-state index contributed by atoms with van der Waals surface area (Å²) in [6.45, 7) is 1.88. The van der Waals surface area contributed by atoms with Crippen molar-refractivity contribution in [2.24, 2.45) is 0 Å². The van der Waals surface area contributed by atoms with Gasteiger partial charge >= 0.3 is 5.97 Å². The Hall–Kier alpha value is -1.44. The standard InChI is InChI=1S/C13H10ClNO4S2/c1-6-11(12(16)17)21-13(15-6)20-4-7-2-8(14)10-9(3-7)18-5-19-10/h2-3H,4-5H2,1H3,(H,16,17). The largest absolute Gasteiger partial charge is 0.477 e. The van der Waals surface area contributed by atoms with E-state index in [2.05, 4.69) is 4.98 Å².